The molecule has 23 heavy (non-hydrogen) atoms. The third-order valence-corrected chi connectivity index (χ3v) is 4.33. The first kappa shape index (κ1) is 15.9. The topological polar surface area (TPSA) is 65.0 Å². The summed E-state index contributed by atoms with van der Waals surface area (Å²) in [6.07, 6.45) is 3.41. The summed E-state index contributed by atoms with van der Waals surface area (Å²) in [7, 11) is 0. The monoisotopic (exact) mass is 316 g/mol. The molecule has 1 aromatic rings. The SMILES string of the molecule is C=C(c1ccccc1)C1COC2(CCC(=CC(=O)O)CC2)OO1. The van der Waals surface area contributed by atoms with Crippen molar-refractivity contribution < 1.29 is 24.4 Å². The van der Waals surface area contributed by atoms with E-state index in [1.807, 2.05) is 30.3 Å². The zero-order valence-corrected chi connectivity index (χ0v) is 12.9. The van der Waals surface area contributed by atoms with E-state index >= 15 is 0 Å². The molecular formula is C18H20O5. The van der Waals surface area contributed by atoms with Gasteiger partial charge in [-0.25, -0.2) is 14.6 Å². The summed E-state index contributed by atoms with van der Waals surface area (Å²) in [5, 5.41) is 8.80. The number of carbonyl (C=O) groups is 1. The van der Waals surface area contributed by atoms with Crippen molar-refractivity contribution in [2.24, 2.45) is 0 Å². The Hall–Kier alpha value is -1.95. The van der Waals surface area contributed by atoms with Gasteiger partial charge in [-0.1, -0.05) is 42.5 Å². The number of carboxylic acids is 1. The lowest BCUT2D eigenvalue weighted by Crippen LogP contribution is -2.46. The first-order valence-electron chi connectivity index (χ1n) is 7.73. The van der Waals surface area contributed by atoms with Crippen LogP contribution >= 0.6 is 0 Å². The van der Waals surface area contributed by atoms with E-state index in [0.29, 0.717) is 32.3 Å². The highest BCUT2D eigenvalue weighted by Crippen LogP contribution is 2.39. The maximum Gasteiger partial charge on any atom is 0.328 e. The number of ether oxygens (including phenoxy) is 1. The molecular weight excluding hydrogens is 296 g/mol. The second-order valence-corrected chi connectivity index (χ2v) is 5.92. The average Bonchev–Trinajstić information content (AvgIpc) is 2.58. The summed E-state index contributed by atoms with van der Waals surface area (Å²) in [6, 6.07) is 9.79. The maximum atomic E-state index is 10.7. The van der Waals surface area contributed by atoms with Crippen molar-refractivity contribution in [1.82, 2.24) is 0 Å². The number of rotatable bonds is 3. The molecule has 1 aliphatic heterocycles. The molecule has 3 rings (SSSR count). The van der Waals surface area contributed by atoms with E-state index in [0.717, 1.165) is 16.7 Å². The molecule has 1 spiro atoms. The fourth-order valence-electron chi connectivity index (χ4n) is 2.92. The van der Waals surface area contributed by atoms with Crippen LogP contribution in [0.1, 0.15) is 31.2 Å². The van der Waals surface area contributed by atoms with Gasteiger partial charge in [-0.15, -0.1) is 0 Å². The van der Waals surface area contributed by atoms with Crippen LogP contribution in [0.2, 0.25) is 0 Å². The minimum Gasteiger partial charge on any atom is -0.478 e. The van der Waals surface area contributed by atoms with Gasteiger partial charge in [0.1, 0.15) is 6.10 Å². The van der Waals surface area contributed by atoms with Gasteiger partial charge in [0.25, 0.3) is 0 Å². The van der Waals surface area contributed by atoms with Crippen molar-refractivity contribution in [2.45, 2.75) is 37.6 Å². The van der Waals surface area contributed by atoms with Crippen molar-refractivity contribution in [3.05, 3.63) is 54.1 Å². The predicted molar refractivity (Wildman–Crippen MR) is 84.3 cm³/mol. The molecule has 1 saturated heterocycles. The highest BCUT2D eigenvalue weighted by atomic mass is 17.2. The molecule has 5 nitrogen and oxygen atoms in total. The maximum absolute atomic E-state index is 10.7. The number of benzene rings is 1. The third kappa shape index (κ3) is 3.69. The highest BCUT2D eigenvalue weighted by molar-refractivity contribution is 5.80. The number of hydrogen-bond donors (Lipinski definition) is 1. The van der Waals surface area contributed by atoms with Crippen LogP contribution in [0, 0.1) is 0 Å². The summed E-state index contributed by atoms with van der Waals surface area (Å²) in [5.41, 5.74) is 2.73. The first-order chi connectivity index (χ1) is 11.1. The lowest BCUT2D eigenvalue weighted by molar-refractivity contribution is -0.482. The number of hydrogen-bond acceptors (Lipinski definition) is 4. The van der Waals surface area contributed by atoms with Gasteiger partial charge in [-0.05, 0) is 24.0 Å². The fourth-order valence-corrected chi connectivity index (χ4v) is 2.92. The molecule has 0 radical (unpaired) electrons. The Morgan fingerprint density at radius 3 is 2.52 bits per heavy atom. The molecule has 2 aliphatic rings. The van der Waals surface area contributed by atoms with Crippen LogP contribution in [0.25, 0.3) is 5.57 Å². The number of aliphatic carboxylic acids is 1. The molecule has 5 heteroatoms. The van der Waals surface area contributed by atoms with Crippen LogP contribution in [-0.4, -0.2) is 29.6 Å². The van der Waals surface area contributed by atoms with Crippen molar-refractivity contribution in [3.63, 3.8) is 0 Å². The van der Waals surface area contributed by atoms with E-state index in [-0.39, 0.29) is 6.10 Å². The summed E-state index contributed by atoms with van der Waals surface area (Å²) in [5.74, 6) is -1.67. The first-order valence-corrected chi connectivity index (χ1v) is 7.73. The molecule has 1 saturated carbocycles. The van der Waals surface area contributed by atoms with Crippen LogP contribution in [0.15, 0.2) is 48.6 Å². The third-order valence-electron chi connectivity index (χ3n) is 4.33. The second kappa shape index (κ2) is 6.66. The summed E-state index contributed by atoms with van der Waals surface area (Å²) in [6.45, 7) is 4.45. The Balaban J connectivity index is 1.57. The van der Waals surface area contributed by atoms with Crippen molar-refractivity contribution in [3.8, 4) is 0 Å². The Bertz CT molecular complexity index is 600. The lowest BCUT2D eigenvalue weighted by Gasteiger charge is -2.41. The largest absolute Gasteiger partial charge is 0.478 e. The molecule has 122 valence electrons. The average molecular weight is 316 g/mol. The Kier molecular flexibility index (Phi) is 4.61. The van der Waals surface area contributed by atoms with E-state index in [1.165, 1.54) is 6.08 Å². The Morgan fingerprint density at radius 2 is 1.96 bits per heavy atom. The molecule has 1 heterocycles. The van der Waals surface area contributed by atoms with E-state index in [9.17, 15) is 4.79 Å². The minimum absolute atomic E-state index is 0.334. The summed E-state index contributed by atoms with van der Waals surface area (Å²) < 4.78 is 5.93. The molecule has 1 atom stereocenters. The predicted octanol–water partition coefficient (Wildman–Crippen LogP) is 3.33. The van der Waals surface area contributed by atoms with Crippen LogP contribution in [0.5, 0.6) is 0 Å². The number of allylic oxidation sites excluding steroid dienone is 1. The molecule has 1 aliphatic carbocycles. The van der Waals surface area contributed by atoms with Crippen molar-refractivity contribution in [1.29, 1.82) is 0 Å². The van der Waals surface area contributed by atoms with E-state index < -0.39 is 11.8 Å². The minimum atomic E-state index is -0.906. The van der Waals surface area contributed by atoms with E-state index in [2.05, 4.69) is 6.58 Å². The smallest absolute Gasteiger partial charge is 0.328 e. The number of carboxylic acid groups (broad SMARTS) is 1. The summed E-state index contributed by atoms with van der Waals surface area (Å²) >= 11 is 0. The standard InChI is InChI=1S/C18H20O5/c1-13(15-5-3-2-4-6-15)16-12-21-18(23-22-16)9-7-14(8-10-18)11-17(19)20/h2-6,11,16H,1,7-10,12H2,(H,19,20). The van der Waals surface area contributed by atoms with Crippen LogP contribution in [0.3, 0.4) is 0 Å². The zero-order valence-electron chi connectivity index (χ0n) is 12.9. The van der Waals surface area contributed by atoms with Crippen LogP contribution in [-0.2, 0) is 19.3 Å². The van der Waals surface area contributed by atoms with Crippen molar-refractivity contribution >= 4 is 11.5 Å². The zero-order chi connectivity index (χ0) is 16.3. The Labute approximate surface area is 135 Å². The molecule has 2 fully saturated rings. The quantitative estimate of drug-likeness (QED) is 0.684. The Morgan fingerprint density at radius 1 is 1.26 bits per heavy atom. The molecule has 0 bridgehead atoms. The van der Waals surface area contributed by atoms with Gasteiger partial charge in [-0.3, -0.25) is 0 Å². The summed E-state index contributed by atoms with van der Waals surface area (Å²) in [4.78, 5) is 21.8. The van der Waals surface area contributed by atoms with Gasteiger partial charge in [0, 0.05) is 18.9 Å². The molecule has 1 unspecified atom stereocenters. The molecule has 0 amide bonds. The van der Waals surface area contributed by atoms with Crippen LogP contribution < -0.4 is 0 Å². The second-order valence-electron chi connectivity index (χ2n) is 5.92. The van der Waals surface area contributed by atoms with Gasteiger partial charge in [-0.2, -0.15) is 0 Å². The van der Waals surface area contributed by atoms with Gasteiger partial charge < -0.3 is 9.84 Å². The van der Waals surface area contributed by atoms with E-state index in [4.69, 9.17) is 19.6 Å². The highest BCUT2D eigenvalue weighted by Gasteiger charge is 2.42. The van der Waals surface area contributed by atoms with Gasteiger partial charge in [0.05, 0.1) is 6.61 Å². The van der Waals surface area contributed by atoms with Gasteiger partial charge in [0.2, 0.25) is 5.79 Å². The molecule has 0 aromatic heterocycles. The van der Waals surface area contributed by atoms with E-state index in [1.54, 1.807) is 0 Å². The van der Waals surface area contributed by atoms with Crippen molar-refractivity contribution in [2.75, 3.05) is 6.61 Å². The van der Waals surface area contributed by atoms with Gasteiger partial charge in [0.15, 0.2) is 0 Å². The van der Waals surface area contributed by atoms with Crippen LogP contribution in [0.4, 0.5) is 0 Å². The van der Waals surface area contributed by atoms with Gasteiger partial charge >= 0.3 is 5.97 Å². The fraction of sp³-hybridized carbons (Fsp3) is 0.389. The lowest BCUT2D eigenvalue weighted by atomic mass is 9.89. The molecule has 1 N–H and O–H groups in total. The normalized spacial score (nSPS) is 27.7. The molecule has 1 aromatic carbocycles.